The lowest BCUT2D eigenvalue weighted by Crippen LogP contribution is -2.30. The predicted octanol–water partition coefficient (Wildman–Crippen LogP) is 1.51. The van der Waals surface area contributed by atoms with Crippen molar-refractivity contribution in [2.75, 3.05) is 26.2 Å². The number of hydrogen-bond acceptors (Lipinski definition) is 4. The molecule has 2 aromatic rings. The third-order valence-corrected chi connectivity index (χ3v) is 4.86. The number of aromatic nitrogens is 3. The number of hydrogen-bond donors (Lipinski definition) is 2. The molecule has 1 atom stereocenters. The summed E-state index contributed by atoms with van der Waals surface area (Å²) in [6.07, 6.45) is 5.60. The van der Waals surface area contributed by atoms with E-state index >= 15 is 0 Å². The van der Waals surface area contributed by atoms with E-state index < -0.39 is 0 Å². The molecule has 2 aliphatic heterocycles. The van der Waals surface area contributed by atoms with Crippen LogP contribution in [0, 0.1) is 5.92 Å². The van der Waals surface area contributed by atoms with Crippen molar-refractivity contribution in [2.24, 2.45) is 5.92 Å². The first kappa shape index (κ1) is 13.2. The first-order chi connectivity index (χ1) is 10.4. The average molecular weight is 285 g/mol. The van der Waals surface area contributed by atoms with E-state index in [1.807, 2.05) is 12.3 Å². The van der Waals surface area contributed by atoms with E-state index in [-0.39, 0.29) is 0 Å². The summed E-state index contributed by atoms with van der Waals surface area (Å²) < 4.78 is 2.41. The quantitative estimate of drug-likeness (QED) is 0.897. The lowest BCUT2D eigenvalue weighted by Gasteiger charge is -2.24. The second-order valence-electron chi connectivity index (χ2n) is 6.31. The van der Waals surface area contributed by atoms with Gasteiger partial charge in [-0.1, -0.05) is 0 Å². The van der Waals surface area contributed by atoms with Crippen molar-refractivity contribution >= 4 is 11.2 Å². The second kappa shape index (κ2) is 5.73. The van der Waals surface area contributed by atoms with E-state index in [9.17, 15) is 0 Å². The Labute approximate surface area is 125 Å². The SMILES string of the molecule is c1cnc2c(c1)nc(C1CCNC1)n2CC1CCNCC1. The van der Waals surface area contributed by atoms with E-state index in [2.05, 4.69) is 26.3 Å². The minimum atomic E-state index is 0.543. The minimum Gasteiger partial charge on any atom is -0.317 e. The van der Waals surface area contributed by atoms with Crippen LogP contribution in [-0.2, 0) is 6.54 Å². The first-order valence-electron chi connectivity index (χ1n) is 8.14. The van der Waals surface area contributed by atoms with Gasteiger partial charge in [-0.3, -0.25) is 0 Å². The molecular weight excluding hydrogens is 262 g/mol. The summed E-state index contributed by atoms with van der Waals surface area (Å²) in [5.41, 5.74) is 2.12. The Morgan fingerprint density at radius 2 is 2.00 bits per heavy atom. The van der Waals surface area contributed by atoms with Gasteiger partial charge >= 0.3 is 0 Å². The highest BCUT2D eigenvalue weighted by Gasteiger charge is 2.25. The van der Waals surface area contributed by atoms with Gasteiger partial charge in [0.25, 0.3) is 0 Å². The van der Waals surface area contributed by atoms with Gasteiger partial charge in [-0.2, -0.15) is 0 Å². The Bertz CT molecular complexity index is 608. The predicted molar refractivity (Wildman–Crippen MR) is 83.3 cm³/mol. The summed E-state index contributed by atoms with van der Waals surface area (Å²) in [4.78, 5) is 9.51. The first-order valence-corrected chi connectivity index (χ1v) is 8.14. The summed E-state index contributed by atoms with van der Waals surface area (Å²) >= 11 is 0. The van der Waals surface area contributed by atoms with Gasteiger partial charge in [0.15, 0.2) is 5.65 Å². The van der Waals surface area contributed by atoms with Crippen LogP contribution >= 0.6 is 0 Å². The van der Waals surface area contributed by atoms with Crippen LogP contribution in [0.5, 0.6) is 0 Å². The molecule has 4 heterocycles. The number of imidazole rings is 1. The highest BCUT2D eigenvalue weighted by Crippen LogP contribution is 2.27. The van der Waals surface area contributed by atoms with Crippen LogP contribution in [0.3, 0.4) is 0 Å². The zero-order valence-electron chi connectivity index (χ0n) is 12.4. The molecule has 5 nitrogen and oxygen atoms in total. The van der Waals surface area contributed by atoms with Gasteiger partial charge in [-0.15, -0.1) is 0 Å². The van der Waals surface area contributed by atoms with E-state index in [4.69, 9.17) is 4.98 Å². The smallest absolute Gasteiger partial charge is 0.160 e. The highest BCUT2D eigenvalue weighted by atomic mass is 15.1. The molecule has 1 unspecified atom stereocenters. The van der Waals surface area contributed by atoms with Crippen LogP contribution in [0.2, 0.25) is 0 Å². The number of piperidine rings is 1. The average Bonchev–Trinajstić information content (AvgIpc) is 3.16. The molecule has 2 aliphatic rings. The number of fused-ring (bicyclic) bond motifs is 1. The molecule has 0 saturated carbocycles. The molecule has 2 fully saturated rings. The van der Waals surface area contributed by atoms with E-state index in [0.29, 0.717) is 5.92 Å². The van der Waals surface area contributed by atoms with Crippen LogP contribution in [-0.4, -0.2) is 40.7 Å². The maximum absolute atomic E-state index is 4.91. The van der Waals surface area contributed by atoms with Crippen molar-refractivity contribution in [2.45, 2.75) is 31.7 Å². The van der Waals surface area contributed by atoms with Gasteiger partial charge < -0.3 is 15.2 Å². The molecule has 112 valence electrons. The Balaban J connectivity index is 1.70. The van der Waals surface area contributed by atoms with Crippen molar-refractivity contribution in [3.8, 4) is 0 Å². The van der Waals surface area contributed by atoms with Gasteiger partial charge in [0.1, 0.15) is 11.3 Å². The van der Waals surface area contributed by atoms with Crippen molar-refractivity contribution < 1.29 is 0 Å². The van der Waals surface area contributed by atoms with Crippen LogP contribution in [0.15, 0.2) is 18.3 Å². The summed E-state index contributed by atoms with van der Waals surface area (Å²) in [6.45, 7) is 5.52. The Morgan fingerprint density at radius 3 is 2.81 bits per heavy atom. The molecular formula is C16H23N5. The fourth-order valence-electron chi connectivity index (χ4n) is 3.67. The lowest BCUT2D eigenvalue weighted by molar-refractivity contribution is 0.330. The molecule has 0 spiro atoms. The third kappa shape index (κ3) is 2.56. The minimum absolute atomic E-state index is 0.543. The topological polar surface area (TPSA) is 54.8 Å². The summed E-state index contributed by atoms with van der Waals surface area (Å²) in [5.74, 6) is 2.53. The summed E-state index contributed by atoms with van der Waals surface area (Å²) in [5, 5.41) is 6.91. The van der Waals surface area contributed by atoms with Crippen molar-refractivity contribution in [1.29, 1.82) is 0 Å². The zero-order chi connectivity index (χ0) is 14.1. The van der Waals surface area contributed by atoms with E-state index in [1.165, 1.54) is 25.1 Å². The number of nitrogens with one attached hydrogen (secondary N) is 2. The third-order valence-electron chi connectivity index (χ3n) is 4.86. The molecule has 2 aromatic heterocycles. The van der Waals surface area contributed by atoms with Gasteiger partial charge in [-0.05, 0) is 56.9 Å². The lowest BCUT2D eigenvalue weighted by atomic mass is 9.97. The van der Waals surface area contributed by atoms with Gasteiger partial charge in [0.2, 0.25) is 0 Å². The van der Waals surface area contributed by atoms with Crippen LogP contribution in [0.1, 0.15) is 31.0 Å². The van der Waals surface area contributed by atoms with E-state index in [1.54, 1.807) is 0 Å². The van der Waals surface area contributed by atoms with Crippen molar-refractivity contribution in [3.63, 3.8) is 0 Å². The van der Waals surface area contributed by atoms with Crippen molar-refractivity contribution in [1.82, 2.24) is 25.2 Å². The Hall–Kier alpha value is -1.46. The summed E-state index contributed by atoms with van der Waals surface area (Å²) in [7, 11) is 0. The fraction of sp³-hybridized carbons (Fsp3) is 0.625. The normalized spacial score (nSPS) is 23.9. The maximum Gasteiger partial charge on any atom is 0.160 e. The second-order valence-corrected chi connectivity index (χ2v) is 6.31. The van der Waals surface area contributed by atoms with Gasteiger partial charge in [0, 0.05) is 25.2 Å². The molecule has 0 aromatic carbocycles. The molecule has 0 aliphatic carbocycles. The van der Waals surface area contributed by atoms with Gasteiger partial charge in [0.05, 0.1) is 0 Å². The number of rotatable bonds is 3. The van der Waals surface area contributed by atoms with Gasteiger partial charge in [-0.25, -0.2) is 9.97 Å². The molecule has 5 heteroatoms. The molecule has 0 bridgehead atoms. The Kier molecular flexibility index (Phi) is 3.61. The highest BCUT2D eigenvalue weighted by molar-refractivity contribution is 5.71. The van der Waals surface area contributed by atoms with Crippen LogP contribution in [0.25, 0.3) is 11.2 Å². The fourth-order valence-corrected chi connectivity index (χ4v) is 3.67. The molecule has 4 rings (SSSR count). The monoisotopic (exact) mass is 285 g/mol. The largest absolute Gasteiger partial charge is 0.317 e. The number of nitrogens with zero attached hydrogens (tertiary/aromatic N) is 3. The number of pyridine rings is 1. The standard InChI is InChI=1S/C16H23N5/c1-2-14-16(19-6-1)21(11-12-3-7-17-8-4-12)15(20-14)13-5-9-18-10-13/h1-2,6,12-13,17-18H,3-5,7-11H2. The molecule has 2 N–H and O–H groups in total. The maximum atomic E-state index is 4.91. The van der Waals surface area contributed by atoms with Crippen LogP contribution < -0.4 is 10.6 Å². The Morgan fingerprint density at radius 1 is 1.14 bits per heavy atom. The zero-order valence-corrected chi connectivity index (χ0v) is 12.4. The molecule has 0 amide bonds. The molecule has 0 radical (unpaired) electrons. The molecule has 21 heavy (non-hydrogen) atoms. The van der Waals surface area contributed by atoms with E-state index in [0.717, 1.165) is 49.8 Å². The van der Waals surface area contributed by atoms with Crippen molar-refractivity contribution in [3.05, 3.63) is 24.2 Å². The summed E-state index contributed by atoms with van der Waals surface area (Å²) in [6, 6.07) is 4.08. The van der Waals surface area contributed by atoms with Crippen LogP contribution in [0.4, 0.5) is 0 Å². The molecule has 2 saturated heterocycles.